The fourth-order valence-corrected chi connectivity index (χ4v) is 3.15. The molecule has 1 amide bonds. The van der Waals surface area contributed by atoms with Crippen molar-refractivity contribution >= 4 is 22.0 Å². The standard InChI is InChI=1S/C19H29BrN2O2/c1-15(5-6-16-7-9-17(20)10-8-16)21-11-13-22(14-12-21)18(23)24-19(2,3)4/h7-10,15H,5-6,11-14H2,1-4H3. The van der Waals surface area contributed by atoms with Crippen LogP contribution < -0.4 is 0 Å². The molecule has 1 aromatic carbocycles. The van der Waals surface area contributed by atoms with E-state index in [0.29, 0.717) is 6.04 Å². The Bertz CT molecular complexity index is 531. The second-order valence-corrected chi connectivity index (χ2v) is 8.43. The third kappa shape index (κ3) is 6.10. The number of hydrogen-bond donors (Lipinski definition) is 0. The van der Waals surface area contributed by atoms with Crippen LogP contribution in [0.4, 0.5) is 4.79 Å². The van der Waals surface area contributed by atoms with Gasteiger partial charge >= 0.3 is 6.09 Å². The predicted molar refractivity (Wildman–Crippen MR) is 101 cm³/mol. The molecular weight excluding hydrogens is 368 g/mol. The van der Waals surface area contributed by atoms with E-state index in [9.17, 15) is 4.79 Å². The summed E-state index contributed by atoms with van der Waals surface area (Å²) < 4.78 is 6.58. The van der Waals surface area contributed by atoms with E-state index < -0.39 is 5.60 Å². The molecule has 5 heteroatoms. The third-order valence-electron chi connectivity index (χ3n) is 4.35. The highest BCUT2D eigenvalue weighted by Crippen LogP contribution is 2.16. The second kappa shape index (κ2) is 8.34. The van der Waals surface area contributed by atoms with Gasteiger partial charge in [0.1, 0.15) is 5.60 Å². The number of benzene rings is 1. The number of carbonyl (C=O) groups is 1. The van der Waals surface area contributed by atoms with Crippen LogP contribution in [0.15, 0.2) is 28.7 Å². The van der Waals surface area contributed by atoms with Crippen molar-refractivity contribution in [2.45, 2.75) is 52.2 Å². The summed E-state index contributed by atoms with van der Waals surface area (Å²) in [6.07, 6.45) is 2.03. The first-order chi connectivity index (χ1) is 11.2. The first-order valence-corrected chi connectivity index (χ1v) is 9.50. The maximum absolute atomic E-state index is 12.1. The summed E-state index contributed by atoms with van der Waals surface area (Å²) in [5.41, 5.74) is 0.948. The van der Waals surface area contributed by atoms with E-state index in [-0.39, 0.29) is 6.09 Å². The number of halogens is 1. The molecule has 0 saturated carbocycles. The summed E-state index contributed by atoms with van der Waals surface area (Å²) in [5, 5.41) is 0. The van der Waals surface area contributed by atoms with Crippen molar-refractivity contribution in [2.75, 3.05) is 26.2 Å². The lowest BCUT2D eigenvalue weighted by molar-refractivity contribution is 0.0108. The topological polar surface area (TPSA) is 32.8 Å². The van der Waals surface area contributed by atoms with Crippen LogP contribution in [-0.2, 0) is 11.2 Å². The highest BCUT2D eigenvalue weighted by molar-refractivity contribution is 9.10. The SMILES string of the molecule is CC(CCc1ccc(Br)cc1)N1CCN(C(=O)OC(C)(C)C)CC1. The summed E-state index contributed by atoms with van der Waals surface area (Å²) in [7, 11) is 0. The zero-order valence-electron chi connectivity index (χ0n) is 15.2. The Morgan fingerprint density at radius 2 is 1.75 bits per heavy atom. The first-order valence-electron chi connectivity index (χ1n) is 8.71. The van der Waals surface area contributed by atoms with Gasteiger partial charge in [-0.2, -0.15) is 0 Å². The smallest absolute Gasteiger partial charge is 0.410 e. The Morgan fingerprint density at radius 3 is 2.29 bits per heavy atom. The van der Waals surface area contributed by atoms with Crippen molar-refractivity contribution in [3.63, 3.8) is 0 Å². The number of ether oxygens (including phenoxy) is 1. The van der Waals surface area contributed by atoms with Crippen LogP contribution in [-0.4, -0.2) is 53.7 Å². The maximum Gasteiger partial charge on any atom is 0.410 e. The van der Waals surface area contributed by atoms with Gasteiger partial charge in [0.15, 0.2) is 0 Å². The van der Waals surface area contributed by atoms with E-state index >= 15 is 0 Å². The van der Waals surface area contributed by atoms with Gasteiger partial charge in [-0.3, -0.25) is 4.90 Å². The molecule has 0 aliphatic carbocycles. The normalized spacial score (nSPS) is 17.6. The lowest BCUT2D eigenvalue weighted by Gasteiger charge is -2.38. The van der Waals surface area contributed by atoms with Crippen molar-refractivity contribution in [1.82, 2.24) is 9.80 Å². The van der Waals surface area contributed by atoms with Crippen LogP contribution >= 0.6 is 15.9 Å². The molecule has 1 fully saturated rings. The fourth-order valence-electron chi connectivity index (χ4n) is 2.88. The highest BCUT2D eigenvalue weighted by Gasteiger charge is 2.27. The van der Waals surface area contributed by atoms with Crippen molar-refractivity contribution in [3.8, 4) is 0 Å². The van der Waals surface area contributed by atoms with Crippen molar-refractivity contribution < 1.29 is 9.53 Å². The molecular formula is C19H29BrN2O2. The summed E-state index contributed by atoms with van der Waals surface area (Å²) in [6.45, 7) is 11.3. The van der Waals surface area contributed by atoms with E-state index in [2.05, 4.69) is 52.0 Å². The maximum atomic E-state index is 12.1. The Hall–Kier alpha value is -1.07. The number of piperazine rings is 1. The summed E-state index contributed by atoms with van der Waals surface area (Å²) in [5.74, 6) is 0. The molecule has 134 valence electrons. The van der Waals surface area contributed by atoms with Gasteiger partial charge in [-0.1, -0.05) is 28.1 Å². The number of amides is 1. The van der Waals surface area contributed by atoms with Gasteiger partial charge < -0.3 is 9.64 Å². The largest absolute Gasteiger partial charge is 0.444 e. The first kappa shape index (κ1) is 19.3. The van der Waals surface area contributed by atoms with Crippen LogP contribution in [0, 0.1) is 0 Å². The van der Waals surface area contributed by atoms with Crippen LogP contribution in [0.3, 0.4) is 0 Å². The molecule has 4 nitrogen and oxygen atoms in total. The van der Waals surface area contributed by atoms with E-state index in [4.69, 9.17) is 4.74 Å². The fraction of sp³-hybridized carbons (Fsp3) is 0.632. The highest BCUT2D eigenvalue weighted by atomic mass is 79.9. The molecule has 1 saturated heterocycles. The lowest BCUT2D eigenvalue weighted by Crippen LogP contribution is -2.52. The van der Waals surface area contributed by atoms with E-state index in [1.165, 1.54) is 5.56 Å². The molecule has 0 spiro atoms. The van der Waals surface area contributed by atoms with Crippen LogP contribution in [0.5, 0.6) is 0 Å². The van der Waals surface area contributed by atoms with Crippen LogP contribution in [0.25, 0.3) is 0 Å². The number of nitrogens with zero attached hydrogens (tertiary/aromatic N) is 2. The van der Waals surface area contributed by atoms with Gasteiger partial charge in [0, 0.05) is 36.7 Å². The zero-order valence-corrected chi connectivity index (χ0v) is 16.8. The Labute approximate surface area is 154 Å². The number of rotatable bonds is 4. The predicted octanol–water partition coefficient (Wildman–Crippen LogP) is 4.32. The average Bonchev–Trinajstić information content (AvgIpc) is 2.52. The number of carbonyl (C=O) groups excluding carboxylic acids is 1. The van der Waals surface area contributed by atoms with Gasteiger partial charge in [-0.15, -0.1) is 0 Å². The Balaban J connectivity index is 1.75. The molecule has 1 aromatic rings. The number of aryl methyl sites for hydroxylation is 1. The Morgan fingerprint density at radius 1 is 1.17 bits per heavy atom. The zero-order chi connectivity index (χ0) is 17.7. The molecule has 2 rings (SSSR count). The molecule has 1 aliphatic heterocycles. The van der Waals surface area contributed by atoms with E-state index in [1.54, 1.807) is 0 Å². The molecule has 0 N–H and O–H groups in total. The van der Waals surface area contributed by atoms with Crippen LogP contribution in [0.2, 0.25) is 0 Å². The van der Waals surface area contributed by atoms with Crippen LogP contribution in [0.1, 0.15) is 39.7 Å². The summed E-state index contributed by atoms with van der Waals surface area (Å²) in [6, 6.07) is 9.07. The molecule has 1 unspecified atom stereocenters. The monoisotopic (exact) mass is 396 g/mol. The molecule has 24 heavy (non-hydrogen) atoms. The van der Waals surface area contributed by atoms with Gasteiger partial charge in [-0.25, -0.2) is 4.79 Å². The number of hydrogen-bond acceptors (Lipinski definition) is 3. The minimum absolute atomic E-state index is 0.190. The Kier molecular flexibility index (Phi) is 6.70. The molecule has 1 aliphatic rings. The molecule has 0 bridgehead atoms. The molecule has 1 atom stereocenters. The minimum Gasteiger partial charge on any atom is -0.444 e. The van der Waals surface area contributed by atoms with Crippen molar-refractivity contribution in [3.05, 3.63) is 34.3 Å². The van der Waals surface area contributed by atoms with Gasteiger partial charge in [0.2, 0.25) is 0 Å². The lowest BCUT2D eigenvalue weighted by atomic mass is 10.0. The van der Waals surface area contributed by atoms with Crippen molar-refractivity contribution in [1.29, 1.82) is 0 Å². The second-order valence-electron chi connectivity index (χ2n) is 7.52. The third-order valence-corrected chi connectivity index (χ3v) is 4.88. The van der Waals surface area contributed by atoms with Gasteiger partial charge in [0.05, 0.1) is 0 Å². The average molecular weight is 397 g/mol. The molecule has 1 heterocycles. The molecule has 0 radical (unpaired) electrons. The summed E-state index contributed by atoms with van der Waals surface area (Å²) in [4.78, 5) is 16.4. The van der Waals surface area contributed by atoms with Gasteiger partial charge in [-0.05, 0) is 58.2 Å². The minimum atomic E-state index is -0.424. The van der Waals surface area contributed by atoms with E-state index in [0.717, 1.165) is 43.5 Å². The van der Waals surface area contributed by atoms with Crippen molar-refractivity contribution in [2.24, 2.45) is 0 Å². The quantitative estimate of drug-likeness (QED) is 0.759. The van der Waals surface area contributed by atoms with E-state index in [1.807, 2.05) is 25.7 Å². The van der Waals surface area contributed by atoms with Gasteiger partial charge in [0.25, 0.3) is 0 Å². The summed E-state index contributed by atoms with van der Waals surface area (Å²) >= 11 is 3.47. The molecule has 0 aromatic heterocycles.